The molecule has 0 aliphatic carbocycles. The average molecular weight is 395 g/mol. The number of amides is 1. The zero-order chi connectivity index (χ0) is 20.1. The number of rotatable bonds is 5. The first-order valence-corrected chi connectivity index (χ1v) is 9.91. The second-order valence-electron chi connectivity index (χ2n) is 6.79. The van der Waals surface area contributed by atoms with Crippen LogP contribution in [0.25, 0.3) is 5.65 Å². The molecular formula is C20H25N7O2. The molecular weight excluding hydrogens is 370 g/mol. The van der Waals surface area contributed by atoms with Crippen LogP contribution in [0.1, 0.15) is 23.3 Å². The zero-order valence-electron chi connectivity index (χ0n) is 16.5. The van der Waals surface area contributed by atoms with Crippen molar-refractivity contribution >= 4 is 17.5 Å². The highest BCUT2D eigenvalue weighted by atomic mass is 16.3. The van der Waals surface area contributed by atoms with Crippen molar-refractivity contribution < 1.29 is 9.21 Å². The third kappa shape index (κ3) is 4.23. The number of piperazine rings is 1. The normalized spacial score (nSPS) is 15.1. The van der Waals surface area contributed by atoms with Crippen LogP contribution in [-0.4, -0.2) is 75.5 Å². The largest absolute Gasteiger partial charge is 0.459 e. The van der Waals surface area contributed by atoms with Gasteiger partial charge in [-0.3, -0.25) is 14.2 Å². The van der Waals surface area contributed by atoms with Crippen molar-refractivity contribution in [1.82, 2.24) is 29.7 Å². The summed E-state index contributed by atoms with van der Waals surface area (Å²) in [6.45, 7) is 6.19. The molecule has 4 heterocycles. The quantitative estimate of drug-likeness (QED) is 0.517. The maximum atomic E-state index is 12.4. The molecule has 1 aliphatic heterocycles. The van der Waals surface area contributed by atoms with Crippen molar-refractivity contribution in [1.29, 1.82) is 0 Å². The van der Waals surface area contributed by atoms with Crippen molar-refractivity contribution in [3.8, 4) is 0 Å². The summed E-state index contributed by atoms with van der Waals surface area (Å²) in [7, 11) is 0. The monoisotopic (exact) mass is 395 g/mol. The lowest BCUT2D eigenvalue weighted by Gasteiger charge is -2.36. The summed E-state index contributed by atoms with van der Waals surface area (Å²) in [4.78, 5) is 21.2. The number of furan rings is 1. The van der Waals surface area contributed by atoms with Crippen LogP contribution in [0.2, 0.25) is 0 Å². The van der Waals surface area contributed by atoms with Crippen molar-refractivity contribution in [3.63, 3.8) is 0 Å². The molecule has 0 bridgehead atoms. The van der Waals surface area contributed by atoms with Gasteiger partial charge >= 0.3 is 0 Å². The Hall–Kier alpha value is -3.36. The molecule has 1 N–H and O–H groups in total. The summed E-state index contributed by atoms with van der Waals surface area (Å²) in [5.41, 5.74) is 0.843. The minimum absolute atomic E-state index is 0.0599. The molecule has 1 aliphatic rings. The second kappa shape index (κ2) is 8.76. The number of carbonyl (C=O) groups excluding carboxylic acids is 1. The van der Waals surface area contributed by atoms with E-state index < -0.39 is 0 Å². The summed E-state index contributed by atoms with van der Waals surface area (Å²) in [5, 5.41) is 11.8. The van der Waals surface area contributed by atoms with Crippen LogP contribution < -0.4 is 5.32 Å². The van der Waals surface area contributed by atoms with Gasteiger partial charge in [0.25, 0.3) is 5.91 Å². The van der Waals surface area contributed by atoms with Crippen molar-refractivity contribution in [2.45, 2.75) is 13.3 Å². The molecule has 4 rings (SSSR count). The molecule has 0 radical (unpaired) electrons. The summed E-state index contributed by atoms with van der Waals surface area (Å²) < 4.78 is 7.21. The third-order valence-electron chi connectivity index (χ3n) is 4.91. The molecule has 152 valence electrons. The van der Waals surface area contributed by atoms with Gasteiger partial charge < -0.3 is 19.5 Å². The molecule has 9 heteroatoms. The van der Waals surface area contributed by atoms with Gasteiger partial charge in [-0.05, 0) is 31.2 Å². The lowest BCUT2D eigenvalue weighted by molar-refractivity contribution is 0.0657. The van der Waals surface area contributed by atoms with Crippen LogP contribution in [-0.2, 0) is 6.42 Å². The van der Waals surface area contributed by atoms with E-state index in [0.29, 0.717) is 31.8 Å². The Kier molecular flexibility index (Phi) is 5.73. The number of aromatic nitrogens is 3. The predicted molar refractivity (Wildman–Crippen MR) is 109 cm³/mol. The van der Waals surface area contributed by atoms with E-state index >= 15 is 0 Å². The van der Waals surface area contributed by atoms with E-state index in [0.717, 1.165) is 37.1 Å². The number of hydrogen-bond acceptors (Lipinski definition) is 5. The van der Waals surface area contributed by atoms with E-state index in [4.69, 9.17) is 9.41 Å². The van der Waals surface area contributed by atoms with Gasteiger partial charge in [-0.25, -0.2) is 0 Å². The molecule has 0 aromatic carbocycles. The fourth-order valence-electron chi connectivity index (χ4n) is 3.43. The first kappa shape index (κ1) is 19.0. The van der Waals surface area contributed by atoms with Gasteiger partial charge in [0, 0.05) is 51.9 Å². The molecule has 1 fully saturated rings. The fourth-order valence-corrected chi connectivity index (χ4v) is 3.43. The Morgan fingerprint density at radius 1 is 1.14 bits per heavy atom. The Balaban J connectivity index is 1.35. The van der Waals surface area contributed by atoms with Gasteiger partial charge in [0.15, 0.2) is 17.4 Å². The lowest BCUT2D eigenvalue weighted by atomic mass is 10.3. The molecule has 3 aromatic rings. The Morgan fingerprint density at radius 2 is 1.97 bits per heavy atom. The molecule has 0 saturated carbocycles. The van der Waals surface area contributed by atoms with E-state index in [1.54, 1.807) is 12.1 Å². The van der Waals surface area contributed by atoms with Gasteiger partial charge in [-0.2, -0.15) is 0 Å². The minimum atomic E-state index is -0.0599. The molecule has 1 saturated heterocycles. The molecule has 29 heavy (non-hydrogen) atoms. The van der Waals surface area contributed by atoms with Gasteiger partial charge in [0.2, 0.25) is 0 Å². The molecule has 3 aromatic heterocycles. The summed E-state index contributed by atoms with van der Waals surface area (Å²) >= 11 is 0. The summed E-state index contributed by atoms with van der Waals surface area (Å²) in [6.07, 6.45) is 4.20. The van der Waals surface area contributed by atoms with E-state index in [2.05, 4.69) is 27.3 Å². The van der Waals surface area contributed by atoms with Crippen molar-refractivity contribution in [3.05, 3.63) is 54.4 Å². The fraction of sp³-hybridized carbons (Fsp3) is 0.400. The van der Waals surface area contributed by atoms with Crippen LogP contribution in [0.4, 0.5) is 0 Å². The number of hydrogen-bond donors (Lipinski definition) is 1. The Morgan fingerprint density at radius 3 is 2.72 bits per heavy atom. The molecule has 9 nitrogen and oxygen atoms in total. The molecule has 0 spiro atoms. The highest BCUT2D eigenvalue weighted by Crippen LogP contribution is 2.10. The zero-order valence-corrected chi connectivity index (χ0v) is 16.5. The first-order valence-electron chi connectivity index (χ1n) is 9.91. The van der Waals surface area contributed by atoms with Crippen molar-refractivity contribution in [2.24, 2.45) is 4.99 Å². The highest BCUT2D eigenvalue weighted by Gasteiger charge is 2.25. The first-order chi connectivity index (χ1) is 14.3. The number of aliphatic imine (C=N–C) groups is 1. The van der Waals surface area contributed by atoms with Gasteiger partial charge in [-0.15, -0.1) is 10.2 Å². The number of guanidine groups is 1. The Bertz CT molecular complexity index is 972. The van der Waals surface area contributed by atoms with E-state index in [1.165, 1.54) is 6.26 Å². The highest BCUT2D eigenvalue weighted by molar-refractivity contribution is 5.91. The lowest BCUT2D eigenvalue weighted by Crippen LogP contribution is -2.53. The summed E-state index contributed by atoms with van der Waals surface area (Å²) in [6, 6.07) is 9.29. The predicted octanol–water partition coefficient (Wildman–Crippen LogP) is 1.29. The van der Waals surface area contributed by atoms with Crippen LogP contribution in [0.5, 0.6) is 0 Å². The van der Waals surface area contributed by atoms with Crippen LogP contribution in [0, 0.1) is 0 Å². The van der Waals surface area contributed by atoms with Gasteiger partial charge in [0.1, 0.15) is 5.82 Å². The van der Waals surface area contributed by atoms with Crippen LogP contribution in [0.3, 0.4) is 0 Å². The number of nitrogens with one attached hydrogen (secondary N) is 1. The second-order valence-corrected chi connectivity index (χ2v) is 6.79. The third-order valence-corrected chi connectivity index (χ3v) is 4.91. The van der Waals surface area contributed by atoms with E-state index in [-0.39, 0.29) is 5.91 Å². The molecule has 0 atom stereocenters. The topological polar surface area (TPSA) is 91.3 Å². The van der Waals surface area contributed by atoms with Crippen molar-refractivity contribution in [2.75, 3.05) is 39.3 Å². The maximum absolute atomic E-state index is 12.4. The average Bonchev–Trinajstić information content (AvgIpc) is 3.43. The van der Waals surface area contributed by atoms with Crippen LogP contribution in [0.15, 0.2) is 52.2 Å². The minimum Gasteiger partial charge on any atom is -0.459 e. The number of fused-ring (bicyclic) bond motifs is 1. The van der Waals surface area contributed by atoms with E-state index in [1.807, 2.05) is 33.7 Å². The molecule has 0 unspecified atom stereocenters. The SMILES string of the molecule is CCNC(=NCCc1nnc2ccccn12)N1CCN(C(=O)c2ccco2)CC1. The standard InChI is InChI=1S/C20H25N7O2/c1-2-21-20(22-9-8-18-24-23-17-7-3-4-10-27(17)18)26-13-11-25(12-14-26)19(28)16-6-5-15-29-16/h3-7,10,15H,2,8-9,11-14H2,1H3,(H,21,22). The summed E-state index contributed by atoms with van der Waals surface area (Å²) in [5.74, 6) is 2.09. The van der Waals surface area contributed by atoms with E-state index in [9.17, 15) is 4.79 Å². The maximum Gasteiger partial charge on any atom is 0.289 e. The smallest absolute Gasteiger partial charge is 0.289 e. The number of nitrogens with zero attached hydrogens (tertiary/aromatic N) is 6. The van der Waals surface area contributed by atoms with Gasteiger partial charge in [-0.1, -0.05) is 6.07 Å². The molecule has 1 amide bonds. The van der Waals surface area contributed by atoms with Gasteiger partial charge in [0.05, 0.1) is 6.26 Å². The number of pyridine rings is 1. The Labute approximate surface area is 169 Å². The van der Waals surface area contributed by atoms with Crippen LogP contribution >= 0.6 is 0 Å². The number of carbonyl (C=O) groups is 1.